The van der Waals surface area contributed by atoms with Crippen LogP contribution in [0.5, 0.6) is 5.75 Å². The number of para-hydroxylation sites is 1. The van der Waals surface area contributed by atoms with Crippen molar-refractivity contribution in [3.05, 3.63) is 29.8 Å². The van der Waals surface area contributed by atoms with Crippen LogP contribution in [-0.2, 0) is 0 Å². The van der Waals surface area contributed by atoms with Crippen LogP contribution in [0.15, 0.2) is 24.3 Å². The lowest BCUT2D eigenvalue weighted by Gasteiger charge is -2.27. The minimum Gasteiger partial charge on any atom is -0.493 e. The second kappa shape index (κ2) is 5.49. The van der Waals surface area contributed by atoms with Gasteiger partial charge in [-0.15, -0.1) is 0 Å². The zero-order valence-corrected chi connectivity index (χ0v) is 10.1. The van der Waals surface area contributed by atoms with E-state index < -0.39 is 18.6 Å². The molecule has 0 aromatic heterocycles. The first-order valence-electron chi connectivity index (χ1n) is 5.94. The Morgan fingerprint density at radius 2 is 2.16 bits per heavy atom. The number of ether oxygens (including phenoxy) is 1. The van der Waals surface area contributed by atoms with Gasteiger partial charge in [0.25, 0.3) is 0 Å². The quantitative estimate of drug-likeness (QED) is 0.918. The van der Waals surface area contributed by atoms with Crippen molar-refractivity contribution in [2.75, 3.05) is 13.2 Å². The maximum Gasteiger partial charge on any atom is 0.405 e. The van der Waals surface area contributed by atoms with Gasteiger partial charge in [0.2, 0.25) is 0 Å². The van der Waals surface area contributed by atoms with Crippen molar-refractivity contribution in [3.63, 3.8) is 0 Å². The van der Waals surface area contributed by atoms with Gasteiger partial charge in [0, 0.05) is 24.6 Å². The molecule has 0 spiro atoms. The number of hydrogen-bond acceptors (Lipinski definition) is 3. The third-order valence-electron chi connectivity index (χ3n) is 3.08. The molecule has 0 aliphatic carbocycles. The smallest absolute Gasteiger partial charge is 0.405 e. The number of fused-ring (bicyclic) bond motifs is 1. The van der Waals surface area contributed by atoms with Crippen LogP contribution in [0, 0.1) is 17.2 Å². The lowest BCUT2D eigenvalue weighted by Crippen LogP contribution is -2.36. The lowest BCUT2D eigenvalue weighted by molar-refractivity contribution is -0.158. The van der Waals surface area contributed by atoms with Gasteiger partial charge in [-0.3, -0.25) is 0 Å². The van der Waals surface area contributed by atoms with Crippen molar-refractivity contribution in [2.45, 2.75) is 18.6 Å². The molecule has 1 N–H and O–H groups in total. The number of halogens is 3. The highest BCUT2D eigenvalue weighted by Gasteiger charge is 2.40. The van der Waals surface area contributed by atoms with E-state index in [-0.39, 0.29) is 6.04 Å². The summed E-state index contributed by atoms with van der Waals surface area (Å²) in [4.78, 5) is 0. The van der Waals surface area contributed by atoms with E-state index in [1.807, 2.05) is 18.2 Å². The molecular formula is C13H13F3N2O. The molecule has 0 fully saturated rings. The van der Waals surface area contributed by atoms with E-state index in [2.05, 4.69) is 5.32 Å². The number of alkyl halides is 3. The van der Waals surface area contributed by atoms with E-state index in [4.69, 9.17) is 10.00 Å². The van der Waals surface area contributed by atoms with Crippen LogP contribution in [0.25, 0.3) is 0 Å². The molecule has 1 aliphatic heterocycles. The monoisotopic (exact) mass is 270 g/mol. The standard InChI is InChI=1S/C13H13F3N2O/c14-13(15,16)9(7-17)8-18-11-5-6-19-12-4-2-1-3-10(11)12/h1-4,9,11,18H,5-6,8H2. The highest BCUT2D eigenvalue weighted by molar-refractivity contribution is 5.37. The van der Waals surface area contributed by atoms with Crippen molar-refractivity contribution in [1.29, 1.82) is 5.26 Å². The first-order valence-corrected chi connectivity index (χ1v) is 5.94. The summed E-state index contributed by atoms with van der Waals surface area (Å²) in [7, 11) is 0. The first kappa shape index (κ1) is 13.7. The Bertz CT molecular complexity index is 482. The average molecular weight is 270 g/mol. The minimum absolute atomic E-state index is 0.205. The largest absolute Gasteiger partial charge is 0.493 e. The maximum absolute atomic E-state index is 12.5. The van der Waals surface area contributed by atoms with Crippen LogP contribution in [-0.4, -0.2) is 19.3 Å². The molecule has 1 aromatic rings. The molecule has 0 saturated carbocycles. The SMILES string of the molecule is N#CC(CNC1CCOc2ccccc21)C(F)(F)F. The van der Waals surface area contributed by atoms with E-state index in [0.717, 1.165) is 5.56 Å². The fourth-order valence-corrected chi connectivity index (χ4v) is 2.05. The van der Waals surface area contributed by atoms with Gasteiger partial charge in [0.1, 0.15) is 5.75 Å². The van der Waals surface area contributed by atoms with Crippen LogP contribution < -0.4 is 10.1 Å². The second-order valence-corrected chi connectivity index (χ2v) is 4.36. The Kier molecular flexibility index (Phi) is 3.96. The molecule has 2 atom stereocenters. The summed E-state index contributed by atoms with van der Waals surface area (Å²) < 4.78 is 42.9. The molecule has 1 aromatic carbocycles. The first-order chi connectivity index (χ1) is 9.02. The molecule has 1 heterocycles. The topological polar surface area (TPSA) is 45.0 Å². The third kappa shape index (κ3) is 3.18. The molecule has 0 saturated heterocycles. The summed E-state index contributed by atoms with van der Waals surface area (Å²) in [6, 6.07) is 8.32. The maximum atomic E-state index is 12.5. The average Bonchev–Trinajstić information content (AvgIpc) is 2.38. The number of hydrogen-bond donors (Lipinski definition) is 1. The van der Waals surface area contributed by atoms with Crippen molar-refractivity contribution >= 4 is 0 Å². The lowest BCUT2D eigenvalue weighted by atomic mass is 10.00. The fourth-order valence-electron chi connectivity index (χ4n) is 2.05. The third-order valence-corrected chi connectivity index (χ3v) is 3.08. The van der Waals surface area contributed by atoms with Gasteiger partial charge < -0.3 is 10.1 Å². The zero-order valence-electron chi connectivity index (χ0n) is 10.1. The highest BCUT2D eigenvalue weighted by atomic mass is 19.4. The number of rotatable bonds is 3. The summed E-state index contributed by atoms with van der Waals surface area (Å²) in [5.74, 6) is -1.30. The van der Waals surface area contributed by atoms with Gasteiger partial charge in [-0.2, -0.15) is 18.4 Å². The Morgan fingerprint density at radius 3 is 2.84 bits per heavy atom. The van der Waals surface area contributed by atoms with E-state index in [0.29, 0.717) is 18.8 Å². The van der Waals surface area contributed by atoms with Crippen LogP contribution in [0.3, 0.4) is 0 Å². The molecule has 6 heteroatoms. The Morgan fingerprint density at radius 1 is 1.42 bits per heavy atom. The summed E-state index contributed by atoms with van der Waals surface area (Å²) in [6.45, 7) is 0.0525. The normalized spacial score (nSPS) is 20.0. The molecule has 3 nitrogen and oxygen atoms in total. The van der Waals surface area contributed by atoms with E-state index in [1.165, 1.54) is 6.07 Å². The van der Waals surface area contributed by atoms with Gasteiger partial charge in [0.05, 0.1) is 12.7 Å². The molecule has 19 heavy (non-hydrogen) atoms. The molecule has 0 radical (unpaired) electrons. The molecule has 1 aliphatic rings. The number of nitrogens with one attached hydrogen (secondary N) is 1. The number of benzene rings is 1. The van der Waals surface area contributed by atoms with E-state index in [1.54, 1.807) is 6.07 Å². The molecule has 0 bridgehead atoms. The minimum atomic E-state index is -4.49. The fraction of sp³-hybridized carbons (Fsp3) is 0.462. The number of nitriles is 1. The summed E-state index contributed by atoms with van der Waals surface area (Å²) >= 11 is 0. The van der Waals surface area contributed by atoms with Crippen LogP contribution in [0.4, 0.5) is 13.2 Å². The van der Waals surface area contributed by atoms with E-state index in [9.17, 15) is 13.2 Å². The van der Waals surface area contributed by atoms with Crippen LogP contribution >= 0.6 is 0 Å². The number of nitrogens with zero attached hydrogens (tertiary/aromatic N) is 1. The van der Waals surface area contributed by atoms with Crippen molar-refractivity contribution in [3.8, 4) is 11.8 Å². The highest BCUT2D eigenvalue weighted by Crippen LogP contribution is 2.32. The van der Waals surface area contributed by atoms with Gasteiger partial charge in [0.15, 0.2) is 5.92 Å². The zero-order chi connectivity index (χ0) is 13.9. The molecule has 2 rings (SSSR count). The van der Waals surface area contributed by atoms with Crippen molar-refractivity contribution in [1.82, 2.24) is 5.32 Å². The predicted molar refractivity (Wildman–Crippen MR) is 62.5 cm³/mol. The Balaban J connectivity index is 2.04. The van der Waals surface area contributed by atoms with Gasteiger partial charge in [-0.05, 0) is 6.07 Å². The summed E-state index contributed by atoms with van der Waals surface area (Å²) in [5.41, 5.74) is 0.840. The van der Waals surface area contributed by atoms with Gasteiger partial charge in [-0.1, -0.05) is 18.2 Å². The summed E-state index contributed by atoms with van der Waals surface area (Å²) in [5, 5.41) is 11.4. The Labute approximate surface area is 109 Å². The predicted octanol–water partition coefficient (Wildman–Crippen LogP) is 2.80. The van der Waals surface area contributed by atoms with Gasteiger partial charge in [-0.25, -0.2) is 0 Å². The van der Waals surface area contributed by atoms with Crippen LogP contribution in [0.1, 0.15) is 18.0 Å². The second-order valence-electron chi connectivity index (χ2n) is 4.36. The van der Waals surface area contributed by atoms with Crippen LogP contribution in [0.2, 0.25) is 0 Å². The van der Waals surface area contributed by atoms with Crippen molar-refractivity contribution in [2.24, 2.45) is 5.92 Å². The molecule has 0 amide bonds. The summed E-state index contributed by atoms with van der Waals surface area (Å²) in [6.07, 6.45) is -3.90. The molecule has 2 unspecified atom stereocenters. The van der Waals surface area contributed by atoms with E-state index >= 15 is 0 Å². The molecular weight excluding hydrogens is 257 g/mol. The van der Waals surface area contributed by atoms with Gasteiger partial charge >= 0.3 is 6.18 Å². The Hall–Kier alpha value is -1.74. The van der Waals surface area contributed by atoms with Crippen molar-refractivity contribution < 1.29 is 17.9 Å². The molecule has 102 valence electrons.